The van der Waals surface area contributed by atoms with Crippen LogP contribution in [0.15, 0.2) is 6.33 Å². The van der Waals surface area contributed by atoms with Gasteiger partial charge in [0.25, 0.3) is 0 Å². The molecular formula is C14H22N6O. The summed E-state index contributed by atoms with van der Waals surface area (Å²) in [6.45, 7) is 7.92. The summed E-state index contributed by atoms with van der Waals surface area (Å²) in [5.74, 6) is 0.951. The Morgan fingerprint density at radius 3 is 2.62 bits per heavy atom. The van der Waals surface area contributed by atoms with Crippen LogP contribution in [0.1, 0.15) is 42.7 Å². The Morgan fingerprint density at radius 1 is 1.43 bits per heavy atom. The number of nitrogens with zero attached hydrogens (tertiary/aromatic N) is 4. The van der Waals surface area contributed by atoms with Gasteiger partial charge in [-0.05, 0) is 19.8 Å². The van der Waals surface area contributed by atoms with Crippen LogP contribution >= 0.6 is 0 Å². The zero-order valence-corrected chi connectivity index (χ0v) is 13.1. The number of aryl methyl sites for hydroxylation is 3. The molecule has 0 aliphatic carbocycles. The molecular weight excluding hydrogens is 268 g/mol. The van der Waals surface area contributed by atoms with E-state index in [0.717, 1.165) is 22.8 Å². The van der Waals surface area contributed by atoms with E-state index in [9.17, 15) is 4.79 Å². The second kappa shape index (κ2) is 6.07. The zero-order chi connectivity index (χ0) is 15.6. The summed E-state index contributed by atoms with van der Waals surface area (Å²) in [4.78, 5) is 16.6. The molecule has 21 heavy (non-hydrogen) atoms. The van der Waals surface area contributed by atoms with E-state index >= 15 is 0 Å². The highest BCUT2D eigenvalue weighted by Crippen LogP contribution is 2.19. The van der Waals surface area contributed by atoms with Crippen LogP contribution in [0.25, 0.3) is 0 Å². The molecule has 0 saturated carbocycles. The minimum Gasteiger partial charge on any atom is -0.346 e. The molecule has 2 rings (SSSR count). The van der Waals surface area contributed by atoms with Crippen molar-refractivity contribution in [2.75, 3.05) is 0 Å². The van der Waals surface area contributed by atoms with E-state index in [1.807, 2.05) is 34.7 Å². The van der Waals surface area contributed by atoms with Crippen LogP contribution in [-0.2, 0) is 18.3 Å². The third kappa shape index (κ3) is 3.29. The lowest BCUT2D eigenvalue weighted by molar-refractivity contribution is -0.121. The average molecular weight is 290 g/mol. The molecule has 7 nitrogen and oxygen atoms in total. The molecule has 1 amide bonds. The van der Waals surface area contributed by atoms with Crippen molar-refractivity contribution in [3.8, 4) is 0 Å². The number of H-pyrrole nitrogens is 1. The average Bonchev–Trinajstić information content (AvgIpc) is 2.96. The molecule has 0 saturated heterocycles. The van der Waals surface area contributed by atoms with E-state index in [1.165, 1.54) is 6.33 Å². The van der Waals surface area contributed by atoms with Gasteiger partial charge in [0.2, 0.25) is 5.91 Å². The predicted molar refractivity (Wildman–Crippen MR) is 78.5 cm³/mol. The predicted octanol–water partition coefficient (Wildman–Crippen LogP) is 1.21. The number of aromatic amines is 1. The second-order valence-corrected chi connectivity index (χ2v) is 5.62. The van der Waals surface area contributed by atoms with Gasteiger partial charge in [-0.15, -0.1) is 0 Å². The number of aromatic nitrogens is 5. The van der Waals surface area contributed by atoms with Gasteiger partial charge in [0, 0.05) is 18.3 Å². The van der Waals surface area contributed by atoms with E-state index in [4.69, 9.17) is 0 Å². The highest BCUT2D eigenvalue weighted by atomic mass is 16.1. The number of rotatable bonds is 5. The summed E-state index contributed by atoms with van der Waals surface area (Å²) >= 11 is 0. The molecule has 2 aromatic rings. The quantitative estimate of drug-likeness (QED) is 0.866. The number of hydrogen-bond donors (Lipinski definition) is 2. The van der Waals surface area contributed by atoms with Crippen LogP contribution in [-0.4, -0.2) is 30.9 Å². The number of carbonyl (C=O) groups excluding carboxylic acids is 1. The van der Waals surface area contributed by atoms with E-state index in [2.05, 4.69) is 25.6 Å². The molecule has 0 aliphatic heterocycles. The smallest absolute Gasteiger partial charge is 0.225 e. The molecule has 0 aromatic carbocycles. The molecule has 0 bridgehead atoms. The molecule has 0 spiro atoms. The first kappa shape index (κ1) is 15.2. The summed E-state index contributed by atoms with van der Waals surface area (Å²) in [5, 5.41) is 14.1. The van der Waals surface area contributed by atoms with Gasteiger partial charge in [0.15, 0.2) is 0 Å². The van der Waals surface area contributed by atoms with Crippen LogP contribution in [0.2, 0.25) is 0 Å². The fourth-order valence-corrected chi connectivity index (χ4v) is 2.34. The number of hydrogen-bond acceptors (Lipinski definition) is 4. The normalized spacial score (nSPS) is 12.7. The zero-order valence-electron chi connectivity index (χ0n) is 13.1. The summed E-state index contributed by atoms with van der Waals surface area (Å²) in [5.41, 5.74) is 2.75. The fourth-order valence-electron chi connectivity index (χ4n) is 2.34. The Balaban J connectivity index is 2.11. The minimum atomic E-state index is -0.155. The maximum absolute atomic E-state index is 12.3. The van der Waals surface area contributed by atoms with E-state index in [-0.39, 0.29) is 17.9 Å². The molecule has 7 heteroatoms. The molecule has 0 fully saturated rings. The lowest BCUT2D eigenvalue weighted by atomic mass is 10.0. The lowest BCUT2D eigenvalue weighted by Crippen LogP contribution is -2.34. The second-order valence-electron chi connectivity index (χ2n) is 5.62. The van der Waals surface area contributed by atoms with Gasteiger partial charge < -0.3 is 5.32 Å². The third-order valence-corrected chi connectivity index (χ3v) is 3.63. The Morgan fingerprint density at radius 2 is 2.14 bits per heavy atom. The van der Waals surface area contributed by atoms with Gasteiger partial charge in [0.1, 0.15) is 12.2 Å². The van der Waals surface area contributed by atoms with E-state index < -0.39 is 0 Å². The van der Waals surface area contributed by atoms with Crippen LogP contribution in [0.3, 0.4) is 0 Å². The molecule has 0 aliphatic rings. The first-order valence-corrected chi connectivity index (χ1v) is 7.03. The van der Waals surface area contributed by atoms with Gasteiger partial charge in [-0.2, -0.15) is 10.2 Å². The SMILES string of the molecule is Cc1n[nH]c(C)c1CC(=O)NC(c1ncnn1C)C(C)C. The van der Waals surface area contributed by atoms with Crippen molar-refractivity contribution in [1.29, 1.82) is 0 Å². The molecule has 114 valence electrons. The lowest BCUT2D eigenvalue weighted by Gasteiger charge is -2.21. The van der Waals surface area contributed by atoms with Crippen molar-refractivity contribution in [2.45, 2.75) is 40.2 Å². The van der Waals surface area contributed by atoms with Gasteiger partial charge >= 0.3 is 0 Å². The standard InChI is InChI=1S/C14H22N6O/c1-8(2)13(14-15-7-16-20(14)5)17-12(21)6-11-9(3)18-19-10(11)4/h7-8,13H,6H2,1-5H3,(H,17,21)(H,18,19). The fraction of sp³-hybridized carbons (Fsp3) is 0.571. The summed E-state index contributed by atoms with van der Waals surface area (Å²) < 4.78 is 1.69. The van der Waals surface area contributed by atoms with Crippen molar-refractivity contribution in [3.63, 3.8) is 0 Å². The number of carbonyl (C=O) groups is 1. The van der Waals surface area contributed by atoms with Gasteiger partial charge in [-0.25, -0.2) is 4.98 Å². The molecule has 2 heterocycles. The first-order chi connectivity index (χ1) is 9.90. The van der Waals surface area contributed by atoms with Gasteiger partial charge in [-0.3, -0.25) is 14.6 Å². The Hall–Kier alpha value is -2.18. The van der Waals surface area contributed by atoms with Crippen molar-refractivity contribution in [2.24, 2.45) is 13.0 Å². The Labute approximate surface area is 124 Å². The largest absolute Gasteiger partial charge is 0.346 e. The maximum atomic E-state index is 12.3. The molecule has 2 N–H and O–H groups in total. The van der Waals surface area contributed by atoms with Crippen LogP contribution in [0.5, 0.6) is 0 Å². The first-order valence-electron chi connectivity index (χ1n) is 7.03. The highest BCUT2D eigenvalue weighted by molar-refractivity contribution is 5.79. The summed E-state index contributed by atoms with van der Waals surface area (Å²) in [6.07, 6.45) is 1.82. The van der Waals surface area contributed by atoms with Gasteiger partial charge in [0.05, 0.1) is 18.2 Å². The topological polar surface area (TPSA) is 88.5 Å². The highest BCUT2D eigenvalue weighted by Gasteiger charge is 2.23. The van der Waals surface area contributed by atoms with Gasteiger partial charge in [-0.1, -0.05) is 13.8 Å². The summed E-state index contributed by atoms with van der Waals surface area (Å²) in [6, 6.07) is -0.155. The van der Waals surface area contributed by atoms with E-state index in [1.54, 1.807) is 4.68 Å². The summed E-state index contributed by atoms with van der Waals surface area (Å²) in [7, 11) is 1.83. The minimum absolute atomic E-state index is 0.0377. The molecule has 1 unspecified atom stereocenters. The van der Waals surface area contributed by atoms with Crippen LogP contribution < -0.4 is 5.32 Å². The van der Waals surface area contributed by atoms with Crippen molar-refractivity contribution >= 4 is 5.91 Å². The number of amides is 1. The Bertz CT molecular complexity index is 608. The monoisotopic (exact) mass is 290 g/mol. The molecule has 2 aromatic heterocycles. The van der Waals surface area contributed by atoms with Crippen LogP contribution in [0, 0.1) is 19.8 Å². The maximum Gasteiger partial charge on any atom is 0.225 e. The Kier molecular flexibility index (Phi) is 4.40. The van der Waals surface area contributed by atoms with Crippen molar-refractivity contribution in [3.05, 3.63) is 29.1 Å². The molecule has 0 radical (unpaired) electrons. The molecule has 1 atom stereocenters. The van der Waals surface area contributed by atoms with Crippen molar-refractivity contribution in [1.82, 2.24) is 30.3 Å². The van der Waals surface area contributed by atoms with Crippen LogP contribution in [0.4, 0.5) is 0 Å². The number of nitrogens with one attached hydrogen (secondary N) is 2. The van der Waals surface area contributed by atoms with E-state index in [0.29, 0.717) is 6.42 Å². The van der Waals surface area contributed by atoms with Crippen molar-refractivity contribution < 1.29 is 4.79 Å². The third-order valence-electron chi connectivity index (χ3n) is 3.63.